The molecule has 1 aliphatic rings. The van der Waals surface area contributed by atoms with E-state index in [9.17, 15) is 4.79 Å². The summed E-state index contributed by atoms with van der Waals surface area (Å²) < 4.78 is 0. The molecule has 0 saturated heterocycles. The van der Waals surface area contributed by atoms with Gasteiger partial charge in [0.05, 0.1) is 0 Å². The molecule has 1 aliphatic carbocycles. The van der Waals surface area contributed by atoms with Crippen molar-refractivity contribution >= 4 is 5.91 Å². The highest BCUT2D eigenvalue weighted by Gasteiger charge is 2.11. The minimum Gasteiger partial charge on any atom is -0.286 e. The second-order valence-electron chi connectivity index (χ2n) is 3.31. The Morgan fingerprint density at radius 3 is 2.75 bits per heavy atom. The van der Waals surface area contributed by atoms with Crippen LogP contribution in [0.15, 0.2) is 11.6 Å². The van der Waals surface area contributed by atoms with E-state index in [2.05, 4.69) is 5.43 Å². The maximum Gasteiger partial charge on any atom is 0.261 e. The van der Waals surface area contributed by atoms with Crippen LogP contribution in [0.1, 0.15) is 25.7 Å². The van der Waals surface area contributed by atoms with Gasteiger partial charge in [0.25, 0.3) is 5.91 Å². The number of hydrazine groups is 1. The smallest absolute Gasteiger partial charge is 0.261 e. The molecule has 0 aromatic rings. The summed E-state index contributed by atoms with van der Waals surface area (Å²) in [6, 6.07) is 0. The van der Waals surface area contributed by atoms with Crippen LogP contribution in [0.5, 0.6) is 0 Å². The van der Waals surface area contributed by atoms with Crippen molar-refractivity contribution in [1.82, 2.24) is 10.4 Å². The molecule has 0 heterocycles. The number of hydrogen-bond donors (Lipinski definition) is 1. The molecule has 0 fully saturated rings. The van der Waals surface area contributed by atoms with Crippen molar-refractivity contribution in [3.8, 4) is 0 Å². The topological polar surface area (TPSA) is 32.3 Å². The molecule has 0 aliphatic heterocycles. The molecule has 0 spiro atoms. The first-order valence-electron chi connectivity index (χ1n) is 4.37. The van der Waals surface area contributed by atoms with E-state index in [0.717, 1.165) is 24.8 Å². The Balaban J connectivity index is 2.45. The molecule has 1 rings (SSSR count). The van der Waals surface area contributed by atoms with Crippen LogP contribution < -0.4 is 5.43 Å². The van der Waals surface area contributed by atoms with Crippen molar-refractivity contribution in [1.29, 1.82) is 0 Å². The third-order valence-corrected chi connectivity index (χ3v) is 1.91. The first kappa shape index (κ1) is 9.26. The summed E-state index contributed by atoms with van der Waals surface area (Å²) in [4.78, 5) is 11.4. The molecule has 0 saturated carbocycles. The summed E-state index contributed by atoms with van der Waals surface area (Å²) in [5, 5.41) is 1.68. The Kier molecular flexibility index (Phi) is 3.29. The molecule has 0 unspecified atom stereocenters. The number of nitrogens with one attached hydrogen (secondary N) is 1. The number of nitrogens with zero attached hydrogens (tertiary/aromatic N) is 1. The Labute approximate surface area is 73.4 Å². The number of hydrogen-bond acceptors (Lipinski definition) is 2. The highest BCUT2D eigenvalue weighted by molar-refractivity contribution is 5.93. The van der Waals surface area contributed by atoms with Gasteiger partial charge in [0.2, 0.25) is 0 Å². The van der Waals surface area contributed by atoms with E-state index in [1.807, 2.05) is 20.2 Å². The Morgan fingerprint density at radius 2 is 2.25 bits per heavy atom. The van der Waals surface area contributed by atoms with Crippen molar-refractivity contribution in [3.05, 3.63) is 11.6 Å². The fraction of sp³-hybridized carbons (Fsp3) is 0.667. The van der Waals surface area contributed by atoms with E-state index in [-0.39, 0.29) is 5.91 Å². The quantitative estimate of drug-likeness (QED) is 0.626. The van der Waals surface area contributed by atoms with Crippen LogP contribution in [0.2, 0.25) is 0 Å². The number of amides is 1. The van der Waals surface area contributed by atoms with Gasteiger partial charge in [-0.2, -0.15) is 0 Å². The number of carbonyl (C=O) groups is 1. The normalized spacial score (nSPS) is 17.4. The van der Waals surface area contributed by atoms with Crippen LogP contribution in [0.25, 0.3) is 0 Å². The van der Waals surface area contributed by atoms with Crippen molar-refractivity contribution in [2.24, 2.45) is 0 Å². The summed E-state index contributed by atoms with van der Waals surface area (Å²) in [6.07, 6.45) is 6.39. The standard InChI is InChI=1S/C9H16N2O/c1-11(2)10-9(12)8-6-4-3-5-7-8/h6H,3-5,7H2,1-2H3,(H,10,12). The predicted molar refractivity (Wildman–Crippen MR) is 48.4 cm³/mol. The minimum atomic E-state index is 0.0553. The molecule has 12 heavy (non-hydrogen) atoms. The SMILES string of the molecule is CN(C)NC(=O)C1=CCCCC1. The highest BCUT2D eigenvalue weighted by Crippen LogP contribution is 2.16. The van der Waals surface area contributed by atoms with E-state index in [0.29, 0.717) is 0 Å². The lowest BCUT2D eigenvalue weighted by Gasteiger charge is -2.16. The van der Waals surface area contributed by atoms with Gasteiger partial charge in [0, 0.05) is 19.7 Å². The van der Waals surface area contributed by atoms with Gasteiger partial charge in [0.15, 0.2) is 0 Å². The Morgan fingerprint density at radius 1 is 1.50 bits per heavy atom. The van der Waals surface area contributed by atoms with E-state index < -0.39 is 0 Å². The van der Waals surface area contributed by atoms with Crippen LogP contribution >= 0.6 is 0 Å². The first-order valence-corrected chi connectivity index (χ1v) is 4.37. The summed E-state index contributed by atoms with van der Waals surface area (Å²) >= 11 is 0. The number of allylic oxidation sites excluding steroid dienone is 1. The fourth-order valence-corrected chi connectivity index (χ4v) is 1.32. The molecule has 0 radical (unpaired) electrons. The molecule has 0 bridgehead atoms. The summed E-state index contributed by atoms with van der Waals surface area (Å²) in [5.74, 6) is 0.0553. The highest BCUT2D eigenvalue weighted by atomic mass is 16.2. The van der Waals surface area contributed by atoms with E-state index in [1.165, 1.54) is 6.42 Å². The van der Waals surface area contributed by atoms with Gasteiger partial charge >= 0.3 is 0 Å². The predicted octanol–water partition coefficient (Wildman–Crippen LogP) is 1.08. The van der Waals surface area contributed by atoms with Crippen molar-refractivity contribution < 1.29 is 4.79 Å². The molecule has 0 atom stereocenters. The van der Waals surface area contributed by atoms with Gasteiger partial charge in [-0.15, -0.1) is 0 Å². The van der Waals surface area contributed by atoms with E-state index >= 15 is 0 Å². The molecular weight excluding hydrogens is 152 g/mol. The Bertz CT molecular complexity index is 197. The van der Waals surface area contributed by atoms with Crippen LogP contribution in [0.3, 0.4) is 0 Å². The van der Waals surface area contributed by atoms with Crippen LogP contribution in [-0.4, -0.2) is 25.0 Å². The lowest BCUT2D eigenvalue weighted by Crippen LogP contribution is -2.37. The van der Waals surface area contributed by atoms with Crippen molar-refractivity contribution in [2.75, 3.05) is 14.1 Å². The van der Waals surface area contributed by atoms with Gasteiger partial charge in [-0.3, -0.25) is 10.2 Å². The average Bonchev–Trinajstić information content (AvgIpc) is 2.05. The second-order valence-corrected chi connectivity index (χ2v) is 3.31. The summed E-state index contributed by atoms with van der Waals surface area (Å²) in [7, 11) is 3.64. The number of carbonyl (C=O) groups excluding carboxylic acids is 1. The summed E-state index contributed by atoms with van der Waals surface area (Å²) in [5.41, 5.74) is 3.68. The molecule has 1 amide bonds. The molecular formula is C9H16N2O. The van der Waals surface area contributed by atoms with Crippen LogP contribution in [-0.2, 0) is 4.79 Å². The Hall–Kier alpha value is -0.830. The average molecular weight is 168 g/mol. The van der Waals surface area contributed by atoms with Gasteiger partial charge in [-0.25, -0.2) is 5.01 Å². The van der Waals surface area contributed by atoms with Gasteiger partial charge in [-0.05, 0) is 25.7 Å². The molecule has 0 aromatic heterocycles. The maximum atomic E-state index is 11.4. The lowest BCUT2D eigenvalue weighted by molar-refractivity contribution is -0.121. The van der Waals surface area contributed by atoms with Crippen molar-refractivity contribution in [2.45, 2.75) is 25.7 Å². The minimum absolute atomic E-state index is 0.0553. The molecule has 0 aromatic carbocycles. The maximum absolute atomic E-state index is 11.4. The molecule has 3 heteroatoms. The zero-order chi connectivity index (χ0) is 8.97. The van der Waals surface area contributed by atoms with Gasteiger partial charge in [0.1, 0.15) is 0 Å². The monoisotopic (exact) mass is 168 g/mol. The van der Waals surface area contributed by atoms with Gasteiger partial charge < -0.3 is 0 Å². The van der Waals surface area contributed by atoms with E-state index in [4.69, 9.17) is 0 Å². The third kappa shape index (κ3) is 2.66. The lowest BCUT2D eigenvalue weighted by atomic mass is 9.99. The summed E-state index contributed by atoms with van der Waals surface area (Å²) in [6.45, 7) is 0. The van der Waals surface area contributed by atoms with E-state index in [1.54, 1.807) is 5.01 Å². The molecule has 3 nitrogen and oxygen atoms in total. The fourth-order valence-electron chi connectivity index (χ4n) is 1.32. The third-order valence-electron chi connectivity index (χ3n) is 1.91. The van der Waals surface area contributed by atoms with Gasteiger partial charge in [-0.1, -0.05) is 6.08 Å². The first-order chi connectivity index (χ1) is 5.70. The number of rotatable bonds is 2. The van der Waals surface area contributed by atoms with Crippen LogP contribution in [0.4, 0.5) is 0 Å². The molecule has 1 N–H and O–H groups in total. The second kappa shape index (κ2) is 4.26. The zero-order valence-electron chi connectivity index (χ0n) is 7.76. The van der Waals surface area contributed by atoms with Crippen LogP contribution in [0, 0.1) is 0 Å². The van der Waals surface area contributed by atoms with Crippen molar-refractivity contribution in [3.63, 3.8) is 0 Å². The molecule has 68 valence electrons. The largest absolute Gasteiger partial charge is 0.286 e. The zero-order valence-corrected chi connectivity index (χ0v) is 7.76.